The summed E-state index contributed by atoms with van der Waals surface area (Å²) in [4.78, 5) is 30.4. The van der Waals surface area contributed by atoms with Gasteiger partial charge in [0.05, 0.1) is 0 Å². The highest BCUT2D eigenvalue weighted by molar-refractivity contribution is 9.10. The van der Waals surface area contributed by atoms with Crippen LogP contribution in [-0.2, 0) is 22.6 Å². The van der Waals surface area contributed by atoms with Gasteiger partial charge in [-0.1, -0.05) is 88.9 Å². The predicted octanol–water partition coefficient (Wildman–Crippen LogP) is 6.94. The molecule has 1 fully saturated rings. The molecule has 1 atom stereocenters. The van der Waals surface area contributed by atoms with Gasteiger partial charge >= 0.3 is 0 Å². The molecule has 0 heterocycles. The number of benzene rings is 3. The van der Waals surface area contributed by atoms with Gasteiger partial charge in [0.25, 0.3) is 0 Å². The molecular weight excluding hydrogens is 544 g/mol. The molecule has 0 spiro atoms. The lowest BCUT2D eigenvalue weighted by Gasteiger charge is -2.32. The SMILES string of the molecule is Cc1ccc(SCCC(=O)N(Cc2ccc(Br)cc2)C(Cc2ccccc2)C(=O)NC2CCCC2)cc1. The third kappa shape index (κ3) is 8.47. The highest BCUT2D eigenvalue weighted by Gasteiger charge is 2.32. The van der Waals surface area contributed by atoms with Gasteiger partial charge in [0.2, 0.25) is 11.8 Å². The molecule has 4 nitrogen and oxygen atoms in total. The highest BCUT2D eigenvalue weighted by atomic mass is 79.9. The van der Waals surface area contributed by atoms with Crippen molar-refractivity contribution in [3.8, 4) is 0 Å². The number of hydrogen-bond acceptors (Lipinski definition) is 3. The molecule has 0 saturated heterocycles. The fourth-order valence-corrected chi connectivity index (χ4v) is 5.85. The van der Waals surface area contributed by atoms with Gasteiger partial charge in [-0.05, 0) is 55.2 Å². The van der Waals surface area contributed by atoms with Crippen molar-refractivity contribution in [3.63, 3.8) is 0 Å². The Kier molecular flexibility index (Phi) is 10.3. The zero-order valence-corrected chi connectivity index (χ0v) is 23.8. The zero-order chi connectivity index (χ0) is 26.0. The molecular formula is C31H35BrN2O2S. The van der Waals surface area contributed by atoms with Crippen LogP contribution >= 0.6 is 27.7 Å². The van der Waals surface area contributed by atoms with E-state index in [0.717, 1.165) is 46.2 Å². The molecule has 4 rings (SSSR count). The first kappa shape index (κ1) is 27.5. The van der Waals surface area contributed by atoms with Crippen molar-refractivity contribution in [2.24, 2.45) is 0 Å². The third-order valence-corrected chi connectivity index (χ3v) is 8.39. The molecule has 0 aliphatic heterocycles. The Morgan fingerprint density at radius 3 is 2.30 bits per heavy atom. The summed E-state index contributed by atoms with van der Waals surface area (Å²) >= 11 is 5.18. The summed E-state index contributed by atoms with van der Waals surface area (Å²) in [6.07, 6.45) is 5.18. The minimum absolute atomic E-state index is 0.00466. The van der Waals surface area contributed by atoms with Crippen LogP contribution < -0.4 is 5.32 Å². The lowest BCUT2D eigenvalue weighted by atomic mass is 10.0. The van der Waals surface area contributed by atoms with Crippen molar-refractivity contribution in [2.45, 2.75) is 69.0 Å². The lowest BCUT2D eigenvalue weighted by Crippen LogP contribution is -2.52. The Balaban J connectivity index is 1.55. The molecule has 1 saturated carbocycles. The Labute approximate surface area is 233 Å². The largest absolute Gasteiger partial charge is 0.352 e. The number of rotatable bonds is 11. The Hall–Kier alpha value is -2.57. The Bertz CT molecular complexity index is 1150. The van der Waals surface area contributed by atoms with Crippen LogP contribution in [0, 0.1) is 6.92 Å². The molecule has 1 N–H and O–H groups in total. The molecule has 37 heavy (non-hydrogen) atoms. The molecule has 0 aromatic heterocycles. The fraction of sp³-hybridized carbons (Fsp3) is 0.355. The average molecular weight is 580 g/mol. The summed E-state index contributed by atoms with van der Waals surface area (Å²) < 4.78 is 0.989. The van der Waals surface area contributed by atoms with E-state index in [9.17, 15) is 9.59 Å². The van der Waals surface area contributed by atoms with Crippen molar-refractivity contribution in [3.05, 3.63) is 100 Å². The summed E-state index contributed by atoms with van der Waals surface area (Å²) in [6, 6.07) is 26.0. The van der Waals surface area contributed by atoms with Crippen molar-refractivity contribution in [1.82, 2.24) is 10.2 Å². The zero-order valence-electron chi connectivity index (χ0n) is 21.4. The van der Waals surface area contributed by atoms with Crippen LogP contribution in [0.3, 0.4) is 0 Å². The number of halogens is 1. The second-order valence-electron chi connectivity index (χ2n) is 9.76. The van der Waals surface area contributed by atoms with Gasteiger partial charge in [-0.2, -0.15) is 0 Å². The van der Waals surface area contributed by atoms with E-state index in [1.165, 1.54) is 5.56 Å². The number of nitrogens with one attached hydrogen (secondary N) is 1. The summed E-state index contributed by atoms with van der Waals surface area (Å²) in [5.74, 6) is 0.624. The minimum Gasteiger partial charge on any atom is -0.352 e. The molecule has 0 radical (unpaired) electrons. The van der Waals surface area contributed by atoms with Gasteiger partial charge in [-0.3, -0.25) is 9.59 Å². The average Bonchev–Trinajstić information content (AvgIpc) is 3.42. The molecule has 3 aromatic carbocycles. The van der Waals surface area contributed by atoms with Gasteiger partial charge in [-0.25, -0.2) is 0 Å². The maximum Gasteiger partial charge on any atom is 0.243 e. The third-order valence-electron chi connectivity index (χ3n) is 6.84. The van der Waals surface area contributed by atoms with E-state index in [2.05, 4.69) is 52.4 Å². The van der Waals surface area contributed by atoms with Gasteiger partial charge in [0.15, 0.2) is 0 Å². The van der Waals surface area contributed by atoms with Crippen LogP contribution in [-0.4, -0.2) is 34.6 Å². The number of thioether (sulfide) groups is 1. The van der Waals surface area contributed by atoms with Gasteiger partial charge < -0.3 is 10.2 Å². The van der Waals surface area contributed by atoms with E-state index >= 15 is 0 Å². The predicted molar refractivity (Wildman–Crippen MR) is 156 cm³/mol. The van der Waals surface area contributed by atoms with E-state index < -0.39 is 6.04 Å². The highest BCUT2D eigenvalue weighted by Crippen LogP contribution is 2.23. The maximum absolute atomic E-state index is 13.8. The number of aryl methyl sites for hydroxylation is 1. The summed E-state index contributed by atoms with van der Waals surface area (Å²) in [5, 5.41) is 3.27. The van der Waals surface area contributed by atoms with E-state index in [1.54, 1.807) is 16.7 Å². The van der Waals surface area contributed by atoms with Crippen LogP contribution in [0.15, 0.2) is 88.2 Å². The normalized spacial score (nSPS) is 14.3. The molecule has 1 aliphatic rings. The molecule has 2 amide bonds. The second-order valence-corrected chi connectivity index (χ2v) is 11.8. The number of carbonyl (C=O) groups excluding carboxylic acids is 2. The summed E-state index contributed by atoms with van der Waals surface area (Å²) in [7, 11) is 0. The van der Waals surface area contributed by atoms with Crippen LogP contribution in [0.5, 0.6) is 0 Å². The van der Waals surface area contributed by atoms with E-state index in [1.807, 2.05) is 54.6 Å². The number of nitrogens with zero attached hydrogens (tertiary/aromatic N) is 1. The monoisotopic (exact) mass is 578 g/mol. The fourth-order valence-electron chi connectivity index (χ4n) is 4.74. The van der Waals surface area contributed by atoms with Crippen molar-refractivity contribution in [2.75, 3.05) is 5.75 Å². The second kappa shape index (κ2) is 13.8. The van der Waals surface area contributed by atoms with Crippen molar-refractivity contribution < 1.29 is 9.59 Å². The Morgan fingerprint density at radius 2 is 1.62 bits per heavy atom. The molecule has 0 bridgehead atoms. The van der Waals surface area contributed by atoms with Crippen LogP contribution in [0.2, 0.25) is 0 Å². The lowest BCUT2D eigenvalue weighted by molar-refractivity contribution is -0.141. The molecule has 3 aromatic rings. The van der Waals surface area contributed by atoms with Crippen LogP contribution in [0.4, 0.5) is 0 Å². The maximum atomic E-state index is 13.8. The van der Waals surface area contributed by atoms with Gasteiger partial charge in [-0.15, -0.1) is 11.8 Å². The van der Waals surface area contributed by atoms with Gasteiger partial charge in [0.1, 0.15) is 6.04 Å². The first-order chi connectivity index (χ1) is 18.0. The van der Waals surface area contributed by atoms with E-state index in [0.29, 0.717) is 25.1 Å². The molecule has 1 aliphatic carbocycles. The number of hydrogen-bond donors (Lipinski definition) is 1. The molecule has 1 unspecified atom stereocenters. The van der Waals surface area contributed by atoms with Crippen molar-refractivity contribution in [1.29, 1.82) is 0 Å². The van der Waals surface area contributed by atoms with E-state index in [-0.39, 0.29) is 17.9 Å². The molecule has 6 heteroatoms. The summed E-state index contributed by atoms with van der Waals surface area (Å²) in [5.41, 5.74) is 3.28. The topological polar surface area (TPSA) is 49.4 Å². The van der Waals surface area contributed by atoms with Crippen LogP contribution in [0.1, 0.15) is 48.8 Å². The van der Waals surface area contributed by atoms with Crippen molar-refractivity contribution >= 4 is 39.5 Å². The summed E-state index contributed by atoms with van der Waals surface area (Å²) in [6.45, 7) is 2.47. The smallest absolute Gasteiger partial charge is 0.243 e. The van der Waals surface area contributed by atoms with E-state index in [4.69, 9.17) is 0 Å². The quantitative estimate of drug-likeness (QED) is 0.251. The Morgan fingerprint density at radius 1 is 0.946 bits per heavy atom. The number of carbonyl (C=O) groups is 2. The standard InChI is InChI=1S/C31H35BrN2O2S/c1-23-11-17-28(18-12-23)37-20-19-30(35)34(22-25-13-15-26(32)16-14-25)29(21-24-7-3-2-4-8-24)31(36)33-27-9-5-6-10-27/h2-4,7-8,11-18,27,29H,5-6,9-10,19-22H2,1H3,(H,33,36). The number of amides is 2. The first-order valence-electron chi connectivity index (χ1n) is 13.1. The molecule has 194 valence electrons. The van der Waals surface area contributed by atoms with Gasteiger partial charge in [0, 0.05) is 40.5 Å². The first-order valence-corrected chi connectivity index (χ1v) is 14.8. The minimum atomic E-state index is -0.566. The van der Waals surface area contributed by atoms with Crippen LogP contribution in [0.25, 0.3) is 0 Å².